The maximum Gasteiger partial charge on any atom is 0.315 e. The monoisotopic (exact) mass is 225 g/mol. The lowest BCUT2D eigenvalue weighted by Crippen LogP contribution is -2.44. The van der Waals surface area contributed by atoms with Gasteiger partial charge in [0.1, 0.15) is 0 Å². The van der Waals surface area contributed by atoms with Gasteiger partial charge in [-0.1, -0.05) is 12.8 Å². The minimum absolute atomic E-state index is 0.0228. The van der Waals surface area contributed by atoms with Crippen molar-refractivity contribution in [3.8, 4) is 0 Å². The summed E-state index contributed by atoms with van der Waals surface area (Å²) in [6.45, 7) is 0.752. The van der Waals surface area contributed by atoms with E-state index in [0.29, 0.717) is 18.0 Å². The van der Waals surface area contributed by atoms with E-state index in [9.17, 15) is 4.79 Å². The molecule has 2 fully saturated rings. The third kappa shape index (κ3) is 3.11. The Labute approximate surface area is 97.3 Å². The van der Waals surface area contributed by atoms with E-state index in [1.165, 1.54) is 12.8 Å². The summed E-state index contributed by atoms with van der Waals surface area (Å²) in [5, 5.41) is 6.12. The number of rotatable bonds is 3. The summed E-state index contributed by atoms with van der Waals surface area (Å²) in [7, 11) is 0. The summed E-state index contributed by atoms with van der Waals surface area (Å²) < 4.78 is 0. The minimum atomic E-state index is 0.0228. The maximum atomic E-state index is 11.7. The molecule has 2 atom stereocenters. The number of urea groups is 1. The van der Waals surface area contributed by atoms with Gasteiger partial charge in [0.15, 0.2) is 0 Å². The van der Waals surface area contributed by atoms with Crippen LogP contribution in [-0.2, 0) is 0 Å². The Morgan fingerprint density at radius 1 is 1.06 bits per heavy atom. The van der Waals surface area contributed by atoms with Gasteiger partial charge in [0.25, 0.3) is 0 Å². The molecule has 0 spiro atoms. The van der Waals surface area contributed by atoms with Gasteiger partial charge in [-0.05, 0) is 44.6 Å². The molecule has 0 aromatic rings. The van der Waals surface area contributed by atoms with Crippen LogP contribution in [0.1, 0.15) is 44.9 Å². The Balaban J connectivity index is 1.67. The van der Waals surface area contributed by atoms with Crippen molar-refractivity contribution < 1.29 is 4.79 Å². The highest BCUT2D eigenvalue weighted by Crippen LogP contribution is 2.24. The number of nitrogens with two attached hydrogens (primary N) is 1. The van der Waals surface area contributed by atoms with Crippen molar-refractivity contribution in [3.05, 3.63) is 0 Å². The van der Waals surface area contributed by atoms with Crippen molar-refractivity contribution in [2.24, 2.45) is 11.7 Å². The second kappa shape index (κ2) is 5.53. The van der Waals surface area contributed by atoms with Gasteiger partial charge < -0.3 is 16.4 Å². The highest BCUT2D eigenvalue weighted by atomic mass is 16.2. The fourth-order valence-corrected chi connectivity index (χ4v) is 2.90. The number of carbonyl (C=O) groups is 1. The van der Waals surface area contributed by atoms with Crippen molar-refractivity contribution in [1.29, 1.82) is 0 Å². The summed E-state index contributed by atoms with van der Waals surface area (Å²) in [5.74, 6) is 0.608. The van der Waals surface area contributed by atoms with E-state index in [0.717, 1.165) is 38.6 Å². The van der Waals surface area contributed by atoms with Crippen LogP contribution < -0.4 is 16.4 Å². The molecule has 0 aromatic carbocycles. The average Bonchev–Trinajstić information content (AvgIpc) is 2.89. The lowest BCUT2D eigenvalue weighted by atomic mass is 10.1. The van der Waals surface area contributed by atoms with E-state index in [2.05, 4.69) is 10.6 Å². The first-order chi connectivity index (χ1) is 7.78. The van der Waals surface area contributed by atoms with Crippen LogP contribution >= 0.6 is 0 Å². The predicted octanol–water partition coefficient (Wildman–Crippen LogP) is 1.36. The van der Waals surface area contributed by atoms with Crippen LogP contribution in [0.4, 0.5) is 4.79 Å². The molecule has 2 aliphatic rings. The molecule has 0 aliphatic heterocycles. The standard InChI is InChI=1S/C12H23N3O/c13-8-9-5-6-11(7-9)15-12(16)14-10-3-1-2-4-10/h9-11H,1-8,13H2,(H2,14,15,16)/t9-,11+/m0/s1. The number of hydrogen-bond acceptors (Lipinski definition) is 2. The van der Waals surface area contributed by atoms with Crippen molar-refractivity contribution in [2.75, 3.05) is 6.54 Å². The Morgan fingerprint density at radius 3 is 2.38 bits per heavy atom. The topological polar surface area (TPSA) is 67.1 Å². The number of nitrogens with one attached hydrogen (secondary N) is 2. The predicted molar refractivity (Wildman–Crippen MR) is 64.1 cm³/mol. The summed E-state index contributed by atoms with van der Waals surface area (Å²) in [5.41, 5.74) is 5.63. The molecule has 0 bridgehead atoms. The summed E-state index contributed by atoms with van der Waals surface area (Å²) >= 11 is 0. The molecule has 4 N–H and O–H groups in total. The molecule has 2 amide bonds. The first kappa shape index (κ1) is 11.7. The van der Waals surface area contributed by atoms with Crippen LogP contribution in [0, 0.1) is 5.92 Å². The SMILES string of the molecule is NC[C@H]1CC[C@@H](NC(=O)NC2CCCC2)C1. The van der Waals surface area contributed by atoms with Crippen molar-refractivity contribution in [2.45, 2.75) is 57.0 Å². The van der Waals surface area contributed by atoms with Crippen LogP contribution in [-0.4, -0.2) is 24.7 Å². The minimum Gasteiger partial charge on any atom is -0.335 e. The molecule has 0 saturated heterocycles. The van der Waals surface area contributed by atoms with Gasteiger partial charge in [0.2, 0.25) is 0 Å². The van der Waals surface area contributed by atoms with Gasteiger partial charge in [-0.2, -0.15) is 0 Å². The summed E-state index contributed by atoms with van der Waals surface area (Å²) in [6, 6.07) is 0.774. The smallest absolute Gasteiger partial charge is 0.315 e. The normalized spacial score (nSPS) is 30.6. The lowest BCUT2D eigenvalue weighted by molar-refractivity contribution is 0.233. The Hall–Kier alpha value is -0.770. The van der Waals surface area contributed by atoms with E-state index in [1.54, 1.807) is 0 Å². The highest BCUT2D eigenvalue weighted by molar-refractivity contribution is 5.74. The fourth-order valence-electron chi connectivity index (χ4n) is 2.90. The molecular weight excluding hydrogens is 202 g/mol. The van der Waals surface area contributed by atoms with Gasteiger partial charge in [-0.25, -0.2) is 4.79 Å². The van der Waals surface area contributed by atoms with Crippen molar-refractivity contribution in [3.63, 3.8) is 0 Å². The molecule has 4 heteroatoms. The first-order valence-corrected chi connectivity index (χ1v) is 6.55. The Kier molecular flexibility index (Phi) is 4.04. The van der Waals surface area contributed by atoms with Crippen LogP contribution in [0.2, 0.25) is 0 Å². The van der Waals surface area contributed by atoms with Crippen LogP contribution in [0.25, 0.3) is 0 Å². The van der Waals surface area contributed by atoms with Crippen molar-refractivity contribution in [1.82, 2.24) is 10.6 Å². The fraction of sp³-hybridized carbons (Fsp3) is 0.917. The third-order valence-electron chi connectivity index (χ3n) is 3.90. The molecule has 92 valence electrons. The molecule has 4 nitrogen and oxygen atoms in total. The average molecular weight is 225 g/mol. The van der Waals surface area contributed by atoms with E-state index < -0.39 is 0 Å². The zero-order valence-electron chi connectivity index (χ0n) is 9.87. The number of amides is 2. The van der Waals surface area contributed by atoms with Crippen molar-refractivity contribution >= 4 is 6.03 Å². The maximum absolute atomic E-state index is 11.7. The van der Waals surface area contributed by atoms with Gasteiger partial charge in [-0.15, -0.1) is 0 Å². The zero-order chi connectivity index (χ0) is 11.4. The zero-order valence-corrected chi connectivity index (χ0v) is 9.87. The molecule has 0 radical (unpaired) electrons. The second-order valence-electron chi connectivity index (χ2n) is 5.21. The largest absolute Gasteiger partial charge is 0.335 e. The van der Waals surface area contributed by atoms with E-state index >= 15 is 0 Å². The van der Waals surface area contributed by atoms with Gasteiger partial charge >= 0.3 is 6.03 Å². The van der Waals surface area contributed by atoms with E-state index in [4.69, 9.17) is 5.73 Å². The summed E-state index contributed by atoms with van der Waals surface area (Å²) in [6.07, 6.45) is 8.08. The molecule has 2 aliphatic carbocycles. The second-order valence-corrected chi connectivity index (χ2v) is 5.21. The first-order valence-electron chi connectivity index (χ1n) is 6.55. The van der Waals surface area contributed by atoms with Gasteiger partial charge in [0.05, 0.1) is 0 Å². The Morgan fingerprint density at radius 2 is 1.75 bits per heavy atom. The molecule has 2 rings (SSSR count). The number of carbonyl (C=O) groups excluding carboxylic acids is 1. The molecule has 0 heterocycles. The molecular formula is C12H23N3O. The van der Waals surface area contributed by atoms with Gasteiger partial charge in [0, 0.05) is 12.1 Å². The lowest BCUT2D eigenvalue weighted by Gasteiger charge is -2.17. The Bertz CT molecular complexity index is 238. The molecule has 16 heavy (non-hydrogen) atoms. The molecule has 0 aromatic heterocycles. The highest BCUT2D eigenvalue weighted by Gasteiger charge is 2.25. The van der Waals surface area contributed by atoms with Crippen LogP contribution in [0.5, 0.6) is 0 Å². The van der Waals surface area contributed by atoms with Gasteiger partial charge in [-0.3, -0.25) is 0 Å². The molecule has 2 saturated carbocycles. The quantitative estimate of drug-likeness (QED) is 0.679. The molecule has 0 unspecified atom stereocenters. The number of hydrogen-bond donors (Lipinski definition) is 3. The van der Waals surface area contributed by atoms with Crippen LogP contribution in [0.3, 0.4) is 0 Å². The van der Waals surface area contributed by atoms with Crippen LogP contribution in [0.15, 0.2) is 0 Å². The van der Waals surface area contributed by atoms with E-state index in [-0.39, 0.29) is 6.03 Å². The summed E-state index contributed by atoms with van der Waals surface area (Å²) in [4.78, 5) is 11.7. The third-order valence-corrected chi connectivity index (χ3v) is 3.90. The van der Waals surface area contributed by atoms with E-state index in [1.807, 2.05) is 0 Å².